The van der Waals surface area contributed by atoms with Gasteiger partial charge in [0.25, 0.3) is 11.1 Å². The molecule has 168 valence electrons. The molecule has 7 heteroatoms. The van der Waals surface area contributed by atoms with E-state index in [1.54, 1.807) is 31.4 Å². The van der Waals surface area contributed by atoms with Crippen molar-refractivity contribution < 1.29 is 19.1 Å². The maximum absolute atomic E-state index is 12.9. The lowest BCUT2D eigenvalue weighted by atomic mass is 10.1. The Bertz CT molecular complexity index is 1240. The second-order valence-corrected chi connectivity index (χ2v) is 8.95. The number of aryl methyl sites for hydroxylation is 1. The lowest BCUT2D eigenvalue weighted by molar-refractivity contribution is -0.123. The normalized spacial score (nSPS) is 14.8. The average molecular weight is 480 g/mol. The number of carbonyl (C=O) groups is 2. The first kappa shape index (κ1) is 23.0. The van der Waals surface area contributed by atoms with Gasteiger partial charge in [0.2, 0.25) is 0 Å². The zero-order chi connectivity index (χ0) is 23.4. The number of rotatable bonds is 7. The van der Waals surface area contributed by atoms with Gasteiger partial charge in [-0.1, -0.05) is 65.7 Å². The SMILES string of the molecule is COc1ccc(/C=C2\SC(=O)N(Cc3cccc(C)c3)C2=O)cc1OCc1ccccc1Cl. The topological polar surface area (TPSA) is 55.8 Å². The summed E-state index contributed by atoms with van der Waals surface area (Å²) < 4.78 is 11.4. The molecule has 1 aliphatic rings. The maximum atomic E-state index is 12.9. The van der Waals surface area contributed by atoms with Crippen molar-refractivity contribution in [3.8, 4) is 11.5 Å². The van der Waals surface area contributed by atoms with Crippen LogP contribution in [-0.2, 0) is 17.9 Å². The fraction of sp³-hybridized carbons (Fsp3) is 0.154. The lowest BCUT2D eigenvalue weighted by Gasteiger charge is -2.13. The highest BCUT2D eigenvalue weighted by molar-refractivity contribution is 8.18. The molecule has 0 bridgehead atoms. The van der Waals surface area contributed by atoms with E-state index in [2.05, 4.69) is 0 Å². The van der Waals surface area contributed by atoms with Crippen LogP contribution < -0.4 is 9.47 Å². The summed E-state index contributed by atoms with van der Waals surface area (Å²) in [7, 11) is 1.56. The minimum atomic E-state index is -0.305. The number of carbonyl (C=O) groups excluding carboxylic acids is 2. The monoisotopic (exact) mass is 479 g/mol. The number of halogens is 1. The Labute approximate surface area is 202 Å². The van der Waals surface area contributed by atoms with Crippen LogP contribution in [0.3, 0.4) is 0 Å². The molecule has 0 aromatic heterocycles. The molecule has 1 saturated heterocycles. The number of ether oxygens (including phenoxy) is 2. The molecule has 0 aliphatic carbocycles. The molecule has 2 amide bonds. The number of nitrogens with zero attached hydrogens (tertiary/aromatic N) is 1. The molecular weight excluding hydrogens is 458 g/mol. The fourth-order valence-electron chi connectivity index (χ4n) is 3.45. The van der Waals surface area contributed by atoms with E-state index in [-0.39, 0.29) is 24.3 Å². The summed E-state index contributed by atoms with van der Waals surface area (Å²) in [4.78, 5) is 27.1. The van der Waals surface area contributed by atoms with Gasteiger partial charge < -0.3 is 9.47 Å². The highest BCUT2D eigenvalue weighted by Gasteiger charge is 2.35. The molecule has 5 nitrogen and oxygen atoms in total. The summed E-state index contributed by atoms with van der Waals surface area (Å²) in [6.45, 7) is 2.50. The first-order valence-corrected chi connectivity index (χ1v) is 11.5. The number of imide groups is 1. The number of benzene rings is 3. The van der Waals surface area contributed by atoms with Gasteiger partial charge in [0.05, 0.1) is 18.6 Å². The van der Waals surface area contributed by atoms with E-state index in [4.69, 9.17) is 21.1 Å². The third-order valence-corrected chi connectivity index (χ3v) is 6.40. The number of hydrogen-bond acceptors (Lipinski definition) is 5. The van der Waals surface area contributed by atoms with E-state index in [1.165, 1.54) is 4.90 Å². The smallest absolute Gasteiger partial charge is 0.293 e. The first-order valence-electron chi connectivity index (χ1n) is 10.3. The fourth-order valence-corrected chi connectivity index (χ4v) is 4.48. The number of thioether (sulfide) groups is 1. The van der Waals surface area contributed by atoms with Crippen molar-refractivity contribution in [2.75, 3.05) is 7.11 Å². The third-order valence-electron chi connectivity index (χ3n) is 5.12. The van der Waals surface area contributed by atoms with Crippen LogP contribution in [0.15, 0.2) is 71.6 Å². The minimum absolute atomic E-state index is 0.249. The molecule has 4 rings (SSSR count). The highest BCUT2D eigenvalue weighted by Crippen LogP contribution is 2.35. The molecule has 3 aromatic carbocycles. The molecule has 0 spiro atoms. The Morgan fingerprint density at radius 3 is 2.58 bits per heavy atom. The molecule has 0 unspecified atom stereocenters. The van der Waals surface area contributed by atoms with Crippen molar-refractivity contribution in [2.45, 2.75) is 20.1 Å². The first-order chi connectivity index (χ1) is 15.9. The Hall–Kier alpha value is -3.22. The van der Waals surface area contributed by atoms with E-state index in [9.17, 15) is 9.59 Å². The van der Waals surface area contributed by atoms with Gasteiger partial charge in [-0.25, -0.2) is 0 Å². The van der Waals surface area contributed by atoms with Crippen LogP contribution in [0.5, 0.6) is 11.5 Å². The van der Waals surface area contributed by atoms with Crippen molar-refractivity contribution in [3.05, 3.63) is 98.9 Å². The molecule has 1 aliphatic heterocycles. The van der Waals surface area contributed by atoms with Crippen LogP contribution in [0.4, 0.5) is 4.79 Å². The second kappa shape index (κ2) is 10.1. The Balaban J connectivity index is 1.53. The van der Waals surface area contributed by atoms with Gasteiger partial charge in [-0.15, -0.1) is 0 Å². The van der Waals surface area contributed by atoms with Crippen molar-refractivity contribution in [2.24, 2.45) is 0 Å². The van der Waals surface area contributed by atoms with Crippen LogP contribution >= 0.6 is 23.4 Å². The summed E-state index contributed by atoms with van der Waals surface area (Å²) >= 11 is 7.16. The summed E-state index contributed by atoms with van der Waals surface area (Å²) in [5, 5.41) is 0.339. The number of amides is 2. The predicted octanol–water partition coefficient (Wildman–Crippen LogP) is 6.47. The standard InChI is InChI=1S/C26H22ClNO4S/c1-17-6-5-7-19(12-17)15-28-25(29)24(33-26(28)30)14-18-10-11-22(31-2)23(13-18)32-16-20-8-3-4-9-21(20)27/h3-14H,15-16H2,1-2H3/b24-14-. The Kier molecular flexibility index (Phi) is 7.06. The van der Waals surface area contributed by atoms with Gasteiger partial charge in [0.15, 0.2) is 11.5 Å². The van der Waals surface area contributed by atoms with Crippen LogP contribution in [0.25, 0.3) is 6.08 Å². The van der Waals surface area contributed by atoms with Crippen molar-refractivity contribution >= 4 is 40.6 Å². The van der Waals surface area contributed by atoms with Crippen LogP contribution in [0, 0.1) is 6.92 Å². The zero-order valence-electron chi connectivity index (χ0n) is 18.2. The molecule has 0 radical (unpaired) electrons. The number of methoxy groups -OCH3 is 1. The molecule has 1 fully saturated rings. The zero-order valence-corrected chi connectivity index (χ0v) is 19.8. The van der Waals surface area contributed by atoms with Crippen LogP contribution in [-0.4, -0.2) is 23.2 Å². The quantitative estimate of drug-likeness (QED) is 0.363. The van der Waals surface area contributed by atoms with Gasteiger partial charge >= 0.3 is 0 Å². The summed E-state index contributed by atoms with van der Waals surface area (Å²) in [6.07, 6.45) is 1.70. The van der Waals surface area contributed by atoms with E-state index >= 15 is 0 Å². The average Bonchev–Trinajstić information content (AvgIpc) is 3.06. The van der Waals surface area contributed by atoms with E-state index in [1.807, 2.05) is 55.5 Å². The van der Waals surface area contributed by atoms with Crippen LogP contribution in [0.1, 0.15) is 22.3 Å². The van der Waals surface area contributed by atoms with Gasteiger partial charge in [0, 0.05) is 10.6 Å². The summed E-state index contributed by atoms with van der Waals surface area (Å²) in [5.74, 6) is 0.776. The molecule has 0 N–H and O–H groups in total. The predicted molar refractivity (Wildman–Crippen MR) is 131 cm³/mol. The minimum Gasteiger partial charge on any atom is -0.493 e. The number of hydrogen-bond donors (Lipinski definition) is 0. The molecule has 0 atom stereocenters. The third kappa shape index (κ3) is 5.41. The molecule has 0 saturated carbocycles. The van der Waals surface area contributed by atoms with Crippen molar-refractivity contribution in [3.63, 3.8) is 0 Å². The maximum Gasteiger partial charge on any atom is 0.293 e. The van der Waals surface area contributed by atoms with Crippen molar-refractivity contribution in [1.82, 2.24) is 4.90 Å². The largest absolute Gasteiger partial charge is 0.493 e. The Morgan fingerprint density at radius 1 is 1.00 bits per heavy atom. The summed E-state index contributed by atoms with van der Waals surface area (Å²) in [6, 6.07) is 20.6. The summed E-state index contributed by atoms with van der Waals surface area (Å²) in [5.41, 5.74) is 3.57. The van der Waals surface area contributed by atoms with Crippen LogP contribution in [0.2, 0.25) is 5.02 Å². The van der Waals surface area contributed by atoms with Gasteiger partial charge in [-0.3, -0.25) is 14.5 Å². The highest BCUT2D eigenvalue weighted by atomic mass is 35.5. The molecule has 33 heavy (non-hydrogen) atoms. The van der Waals surface area contributed by atoms with Gasteiger partial charge in [-0.2, -0.15) is 0 Å². The van der Waals surface area contributed by atoms with E-state index in [0.29, 0.717) is 21.4 Å². The lowest BCUT2D eigenvalue weighted by Crippen LogP contribution is -2.27. The van der Waals surface area contributed by atoms with Gasteiger partial charge in [-0.05, 0) is 54.1 Å². The molecule has 1 heterocycles. The van der Waals surface area contributed by atoms with E-state index < -0.39 is 0 Å². The molecule has 3 aromatic rings. The van der Waals surface area contributed by atoms with E-state index in [0.717, 1.165) is 34.0 Å². The molecular formula is C26H22ClNO4S. The second-order valence-electron chi connectivity index (χ2n) is 7.55. The van der Waals surface area contributed by atoms with Crippen molar-refractivity contribution in [1.29, 1.82) is 0 Å². The Morgan fingerprint density at radius 2 is 1.82 bits per heavy atom. The van der Waals surface area contributed by atoms with Gasteiger partial charge in [0.1, 0.15) is 6.61 Å².